The number of halogens is 6. The van der Waals surface area contributed by atoms with E-state index in [2.05, 4.69) is 29.4 Å². The lowest BCUT2D eigenvalue weighted by Crippen LogP contribution is -2.25. The number of benzene rings is 4. The number of nitrogens with zero attached hydrogens (tertiary/aromatic N) is 4. The largest absolute Gasteiger partial charge is 0.419 e. The Kier molecular flexibility index (Phi) is 6.87. The highest BCUT2D eigenvalue weighted by Crippen LogP contribution is 2.43. The van der Waals surface area contributed by atoms with Crippen molar-refractivity contribution in [2.75, 3.05) is 0 Å². The smallest absolute Gasteiger partial charge is 0.240 e. The molecule has 4 heterocycles. The number of rotatable bonds is 4. The molecular weight excluding hydrogens is 679 g/mol. The number of thiophene rings is 2. The first-order chi connectivity index (χ1) is 23.1. The lowest BCUT2D eigenvalue weighted by molar-refractivity contribution is -0.139. The minimum atomic E-state index is -4.73. The third kappa shape index (κ3) is 5.19. The molecule has 4 nitrogen and oxygen atoms in total. The van der Waals surface area contributed by atoms with Gasteiger partial charge in [-0.15, -0.1) is 22.7 Å². The molecule has 0 aliphatic carbocycles. The molecule has 49 heavy (non-hydrogen) atoms. The molecule has 0 saturated heterocycles. The van der Waals surface area contributed by atoms with Gasteiger partial charge in [0.25, 0.3) is 0 Å². The van der Waals surface area contributed by atoms with Crippen LogP contribution in [0.25, 0.3) is 51.7 Å². The minimum Gasteiger partial charge on any atom is -0.240 e. The predicted molar refractivity (Wildman–Crippen MR) is 185 cm³/mol. The van der Waals surface area contributed by atoms with Crippen LogP contribution in [0.1, 0.15) is 47.5 Å². The highest BCUT2D eigenvalue weighted by atomic mass is 32.1. The molecule has 4 aromatic heterocycles. The summed E-state index contributed by atoms with van der Waals surface area (Å²) in [6.45, 7) is 7.20. The topological polar surface area (TPSA) is 35.6 Å². The zero-order valence-electron chi connectivity index (χ0n) is 26.5. The van der Waals surface area contributed by atoms with Gasteiger partial charge in [0, 0.05) is 52.7 Å². The molecule has 0 aliphatic heterocycles. The first-order valence-corrected chi connectivity index (χ1v) is 16.9. The van der Waals surface area contributed by atoms with E-state index < -0.39 is 28.9 Å². The standard InChI is InChI=1S/C37H26F6N4S2/c1-19-5-9-29-24(13-19)26-15-22(7-11-31(26)48-29)46-17-20(2)33(44-46)35(3,4)34-28(37(41,42)43)18-47(45-34)23-8-12-32-27(16-23)25-14-21(36(38,39)40)6-10-30(25)49-32/h5-18H,1-4H3. The zero-order chi connectivity index (χ0) is 34.6. The van der Waals surface area contributed by atoms with E-state index >= 15 is 0 Å². The molecule has 4 aromatic carbocycles. The molecule has 0 atom stereocenters. The molecule has 0 spiro atoms. The maximum Gasteiger partial charge on any atom is 0.419 e. The lowest BCUT2D eigenvalue weighted by Gasteiger charge is -2.23. The Bertz CT molecular complexity index is 2600. The normalized spacial score (nSPS) is 13.1. The molecular formula is C37H26F6N4S2. The molecule has 12 heteroatoms. The van der Waals surface area contributed by atoms with Crippen LogP contribution < -0.4 is 0 Å². The van der Waals surface area contributed by atoms with Crippen LogP contribution in [0.2, 0.25) is 0 Å². The highest BCUT2D eigenvalue weighted by molar-refractivity contribution is 7.26. The summed E-state index contributed by atoms with van der Waals surface area (Å²) in [5.74, 6) is 0. The van der Waals surface area contributed by atoms with Gasteiger partial charge < -0.3 is 0 Å². The zero-order valence-corrected chi connectivity index (χ0v) is 28.1. The van der Waals surface area contributed by atoms with Crippen molar-refractivity contribution in [1.29, 1.82) is 0 Å². The van der Waals surface area contributed by atoms with Crippen LogP contribution in [-0.4, -0.2) is 19.6 Å². The SMILES string of the molecule is Cc1ccc2sc3ccc(-n4cc(C)c(C(C)(C)c5nn(-c6ccc7sc8ccc(C(F)(F)F)cc8c7c6)cc5C(F)(F)F)n4)cc3c2c1. The monoisotopic (exact) mass is 704 g/mol. The Labute approximate surface area is 283 Å². The summed E-state index contributed by atoms with van der Waals surface area (Å²) < 4.78 is 91.0. The molecule has 0 saturated carbocycles. The van der Waals surface area contributed by atoms with Crippen molar-refractivity contribution in [2.45, 2.75) is 45.5 Å². The molecule has 0 bridgehead atoms. The van der Waals surface area contributed by atoms with Crippen LogP contribution >= 0.6 is 22.7 Å². The van der Waals surface area contributed by atoms with Crippen molar-refractivity contribution in [1.82, 2.24) is 19.6 Å². The van der Waals surface area contributed by atoms with Crippen LogP contribution in [0.15, 0.2) is 85.2 Å². The van der Waals surface area contributed by atoms with E-state index in [1.165, 1.54) is 22.1 Å². The number of hydrogen-bond acceptors (Lipinski definition) is 4. The van der Waals surface area contributed by atoms with Gasteiger partial charge in [0.2, 0.25) is 0 Å². The molecule has 0 fully saturated rings. The van der Waals surface area contributed by atoms with Gasteiger partial charge >= 0.3 is 12.4 Å². The predicted octanol–water partition coefficient (Wildman–Crippen LogP) is 11.8. The summed E-state index contributed by atoms with van der Waals surface area (Å²) in [6, 6.07) is 20.8. The molecule has 0 N–H and O–H groups in total. The fraction of sp³-hybridized carbons (Fsp3) is 0.189. The van der Waals surface area contributed by atoms with Gasteiger partial charge in [0.1, 0.15) is 0 Å². The molecule has 0 aliphatic rings. The van der Waals surface area contributed by atoms with Crippen molar-refractivity contribution < 1.29 is 26.3 Å². The van der Waals surface area contributed by atoms with E-state index in [1.807, 2.05) is 32.2 Å². The van der Waals surface area contributed by atoms with Crippen molar-refractivity contribution in [3.05, 3.63) is 119 Å². The third-order valence-corrected chi connectivity index (χ3v) is 11.3. The minimum absolute atomic E-state index is 0.210. The summed E-state index contributed by atoms with van der Waals surface area (Å²) in [5, 5.41) is 12.4. The average molecular weight is 705 g/mol. The summed E-state index contributed by atoms with van der Waals surface area (Å²) in [5.41, 5.74) is 0.176. The summed E-state index contributed by atoms with van der Waals surface area (Å²) >= 11 is 3.02. The number of aromatic nitrogens is 4. The summed E-state index contributed by atoms with van der Waals surface area (Å²) in [4.78, 5) is 0. The van der Waals surface area contributed by atoms with Crippen LogP contribution in [0.4, 0.5) is 26.3 Å². The van der Waals surface area contributed by atoms with Crippen LogP contribution in [-0.2, 0) is 17.8 Å². The van der Waals surface area contributed by atoms with E-state index in [0.717, 1.165) is 49.7 Å². The van der Waals surface area contributed by atoms with Gasteiger partial charge in [-0.2, -0.15) is 36.5 Å². The fourth-order valence-electron chi connectivity index (χ4n) is 6.60. The highest BCUT2D eigenvalue weighted by Gasteiger charge is 2.43. The average Bonchev–Trinajstić information content (AvgIpc) is 3.82. The number of alkyl halides is 6. The Balaban J connectivity index is 1.22. The Morgan fingerprint density at radius 3 is 1.61 bits per heavy atom. The van der Waals surface area contributed by atoms with E-state index in [4.69, 9.17) is 5.10 Å². The second-order valence-electron chi connectivity index (χ2n) is 12.8. The maximum atomic E-state index is 14.7. The Hall–Kier alpha value is -4.68. The van der Waals surface area contributed by atoms with E-state index in [0.29, 0.717) is 37.1 Å². The number of hydrogen-bond donors (Lipinski definition) is 0. The van der Waals surface area contributed by atoms with Crippen molar-refractivity contribution >= 4 is 63.0 Å². The van der Waals surface area contributed by atoms with Gasteiger partial charge in [-0.1, -0.05) is 11.6 Å². The van der Waals surface area contributed by atoms with E-state index in [-0.39, 0.29) is 5.69 Å². The van der Waals surface area contributed by atoms with Crippen LogP contribution in [0.5, 0.6) is 0 Å². The Morgan fingerprint density at radius 1 is 0.551 bits per heavy atom. The third-order valence-electron chi connectivity index (χ3n) is 9.02. The maximum absolute atomic E-state index is 14.7. The molecule has 248 valence electrons. The van der Waals surface area contributed by atoms with Gasteiger partial charge in [-0.05, 0) is 100.0 Å². The van der Waals surface area contributed by atoms with E-state index in [1.54, 1.807) is 48.1 Å². The van der Waals surface area contributed by atoms with Gasteiger partial charge in [0.15, 0.2) is 0 Å². The number of fused-ring (bicyclic) bond motifs is 6. The van der Waals surface area contributed by atoms with Crippen molar-refractivity contribution in [3.8, 4) is 11.4 Å². The molecule has 0 unspecified atom stereocenters. The second kappa shape index (κ2) is 10.7. The van der Waals surface area contributed by atoms with Crippen molar-refractivity contribution in [2.24, 2.45) is 0 Å². The molecule has 8 rings (SSSR count). The van der Waals surface area contributed by atoms with Crippen LogP contribution in [0.3, 0.4) is 0 Å². The summed E-state index contributed by atoms with van der Waals surface area (Å²) in [6.07, 6.45) is -6.50. The lowest BCUT2D eigenvalue weighted by atomic mass is 9.82. The first kappa shape index (κ1) is 31.6. The van der Waals surface area contributed by atoms with Gasteiger partial charge in [0.05, 0.1) is 39.3 Å². The van der Waals surface area contributed by atoms with E-state index in [9.17, 15) is 26.3 Å². The van der Waals surface area contributed by atoms with Crippen molar-refractivity contribution in [3.63, 3.8) is 0 Å². The van der Waals surface area contributed by atoms with Gasteiger partial charge in [-0.25, -0.2) is 9.36 Å². The first-order valence-electron chi connectivity index (χ1n) is 15.3. The molecule has 0 amide bonds. The fourth-order valence-corrected chi connectivity index (χ4v) is 8.74. The summed E-state index contributed by atoms with van der Waals surface area (Å²) in [7, 11) is 0. The second-order valence-corrected chi connectivity index (χ2v) is 15.0. The quantitative estimate of drug-likeness (QED) is 0.171. The molecule has 8 aromatic rings. The molecule has 0 radical (unpaired) electrons. The Morgan fingerprint density at radius 2 is 1.04 bits per heavy atom. The number of aryl methyl sites for hydroxylation is 2. The van der Waals surface area contributed by atoms with Gasteiger partial charge in [-0.3, -0.25) is 0 Å². The van der Waals surface area contributed by atoms with Crippen LogP contribution in [0, 0.1) is 13.8 Å².